The highest BCUT2D eigenvalue weighted by Gasteiger charge is 2.19. The molecule has 0 heterocycles. The quantitative estimate of drug-likeness (QED) is 0.528. The summed E-state index contributed by atoms with van der Waals surface area (Å²) in [7, 11) is 2.67. The summed E-state index contributed by atoms with van der Waals surface area (Å²) in [6.07, 6.45) is 1.62. The Morgan fingerprint density at radius 3 is 2.82 bits per heavy atom. The molecule has 0 amide bonds. The van der Waals surface area contributed by atoms with E-state index in [1.807, 2.05) is 18.2 Å². The summed E-state index contributed by atoms with van der Waals surface area (Å²) in [6.45, 7) is 0. The number of rotatable bonds is 0. The molecule has 56 valence electrons. The molecule has 0 saturated carbocycles. The van der Waals surface area contributed by atoms with Gasteiger partial charge in [-0.15, -0.1) is 9.24 Å². The molecule has 0 spiro atoms. The topological polar surface area (TPSA) is 17.1 Å². The molecule has 1 nitrogen and oxygen atoms in total. The van der Waals surface area contributed by atoms with Crippen molar-refractivity contribution in [2.24, 2.45) is 0 Å². The SMILES string of the molecule is O=C1CCc2c(P)cccc21. The largest absolute Gasteiger partial charge is 0.294 e. The normalized spacial score (nSPS) is 15.2. The lowest BCUT2D eigenvalue weighted by atomic mass is 10.1. The van der Waals surface area contributed by atoms with E-state index in [0.29, 0.717) is 12.2 Å². The Hall–Kier alpha value is -0.680. The summed E-state index contributed by atoms with van der Waals surface area (Å²) in [5.41, 5.74) is 2.15. The molecule has 0 bridgehead atoms. The van der Waals surface area contributed by atoms with Crippen LogP contribution in [0.3, 0.4) is 0 Å². The van der Waals surface area contributed by atoms with Crippen LogP contribution < -0.4 is 5.30 Å². The highest BCUT2D eigenvalue weighted by Crippen LogP contribution is 2.20. The number of carbonyl (C=O) groups excluding carboxylic acids is 1. The van der Waals surface area contributed by atoms with Gasteiger partial charge in [-0.05, 0) is 17.3 Å². The predicted octanol–water partition coefficient (Wildman–Crippen LogP) is 1.32. The number of fused-ring (bicyclic) bond motifs is 1. The number of ketones is 1. The average Bonchev–Trinajstić information content (AvgIpc) is 2.35. The molecular formula is C9H9OP. The third-order valence-electron chi connectivity index (χ3n) is 2.11. The van der Waals surface area contributed by atoms with E-state index in [1.54, 1.807) is 0 Å². The van der Waals surface area contributed by atoms with E-state index >= 15 is 0 Å². The van der Waals surface area contributed by atoms with Crippen LogP contribution in [0.1, 0.15) is 22.3 Å². The summed E-state index contributed by atoms with van der Waals surface area (Å²) in [5.74, 6) is 0.296. The Bertz CT molecular complexity index is 317. The highest BCUT2D eigenvalue weighted by molar-refractivity contribution is 7.27. The van der Waals surface area contributed by atoms with Gasteiger partial charge >= 0.3 is 0 Å². The van der Waals surface area contributed by atoms with Crippen molar-refractivity contribution in [2.45, 2.75) is 12.8 Å². The van der Waals surface area contributed by atoms with Crippen molar-refractivity contribution in [3.05, 3.63) is 29.3 Å². The maximum absolute atomic E-state index is 11.2. The van der Waals surface area contributed by atoms with Gasteiger partial charge in [-0.1, -0.05) is 18.2 Å². The van der Waals surface area contributed by atoms with Gasteiger partial charge in [0.1, 0.15) is 0 Å². The van der Waals surface area contributed by atoms with Gasteiger partial charge in [0.2, 0.25) is 0 Å². The summed E-state index contributed by atoms with van der Waals surface area (Å²) in [4.78, 5) is 11.2. The molecule has 1 unspecified atom stereocenters. The second kappa shape index (κ2) is 2.42. The zero-order chi connectivity index (χ0) is 7.84. The van der Waals surface area contributed by atoms with Crippen LogP contribution in [0.25, 0.3) is 0 Å². The molecule has 11 heavy (non-hydrogen) atoms. The van der Waals surface area contributed by atoms with Crippen molar-refractivity contribution in [3.8, 4) is 0 Å². The first kappa shape index (κ1) is 7.00. The zero-order valence-electron chi connectivity index (χ0n) is 6.13. The van der Waals surface area contributed by atoms with Gasteiger partial charge < -0.3 is 0 Å². The average molecular weight is 164 g/mol. The molecule has 1 aliphatic carbocycles. The fourth-order valence-electron chi connectivity index (χ4n) is 1.52. The van der Waals surface area contributed by atoms with Crippen LogP contribution in [0.2, 0.25) is 0 Å². The van der Waals surface area contributed by atoms with E-state index in [0.717, 1.165) is 12.0 Å². The molecule has 0 aliphatic heterocycles. The van der Waals surface area contributed by atoms with Crippen molar-refractivity contribution in [3.63, 3.8) is 0 Å². The van der Waals surface area contributed by atoms with Gasteiger partial charge in [0, 0.05) is 12.0 Å². The van der Waals surface area contributed by atoms with E-state index in [9.17, 15) is 4.79 Å². The third-order valence-corrected chi connectivity index (χ3v) is 2.66. The van der Waals surface area contributed by atoms with Gasteiger partial charge in [-0.2, -0.15) is 0 Å². The lowest BCUT2D eigenvalue weighted by Gasteiger charge is -1.99. The summed E-state index contributed by atoms with van der Waals surface area (Å²) in [5, 5.41) is 1.17. The molecule has 0 saturated heterocycles. The Kier molecular flexibility index (Phi) is 1.54. The standard InChI is InChI=1S/C9H9OP/c10-8-5-4-7-6(8)2-1-3-9(7)11/h1-3H,4-5,11H2. The van der Waals surface area contributed by atoms with E-state index in [2.05, 4.69) is 9.24 Å². The lowest BCUT2D eigenvalue weighted by Crippen LogP contribution is -2.00. The monoisotopic (exact) mass is 164 g/mol. The summed E-state index contributed by atoms with van der Waals surface area (Å²) in [6, 6.07) is 5.88. The van der Waals surface area contributed by atoms with E-state index in [-0.39, 0.29) is 0 Å². The number of benzene rings is 1. The van der Waals surface area contributed by atoms with Crippen molar-refractivity contribution >= 4 is 20.3 Å². The molecule has 2 rings (SSSR count). The van der Waals surface area contributed by atoms with E-state index in [1.165, 1.54) is 10.9 Å². The van der Waals surface area contributed by atoms with Crippen molar-refractivity contribution in [2.75, 3.05) is 0 Å². The van der Waals surface area contributed by atoms with Crippen molar-refractivity contribution < 1.29 is 4.79 Å². The first-order valence-corrected chi connectivity index (χ1v) is 4.27. The van der Waals surface area contributed by atoms with E-state index in [4.69, 9.17) is 0 Å². The minimum Gasteiger partial charge on any atom is -0.294 e. The fraction of sp³-hybridized carbons (Fsp3) is 0.222. The summed E-state index contributed by atoms with van der Waals surface area (Å²) >= 11 is 0. The third kappa shape index (κ3) is 1.00. The van der Waals surface area contributed by atoms with Crippen LogP contribution in [0, 0.1) is 0 Å². The number of hydrogen-bond acceptors (Lipinski definition) is 1. The maximum atomic E-state index is 11.2. The van der Waals surface area contributed by atoms with Crippen LogP contribution in [0.5, 0.6) is 0 Å². The number of hydrogen-bond donors (Lipinski definition) is 0. The molecule has 1 aromatic carbocycles. The maximum Gasteiger partial charge on any atom is 0.163 e. The Balaban J connectivity index is 2.66. The van der Waals surface area contributed by atoms with Crippen molar-refractivity contribution in [1.82, 2.24) is 0 Å². The number of carbonyl (C=O) groups is 1. The Morgan fingerprint density at radius 1 is 1.27 bits per heavy atom. The Labute approximate surface area is 68.0 Å². The van der Waals surface area contributed by atoms with Gasteiger partial charge in [0.05, 0.1) is 0 Å². The molecule has 0 aromatic heterocycles. The molecule has 1 atom stereocenters. The molecule has 1 aromatic rings. The lowest BCUT2D eigenvalue weighted by molar-refractivity contribution is 0.0994. The first-order chi connectivity index (χ1) is 5.29. The van der Waals surface area contributed by atoms with Crippen LogP contribution in [-0.4, -0.2) is 5.78 Å². The van der Waals surface area contributed by atoms with Gasteiger partial charge in [-0.3, -0.25) is 4.79 Å². The fourth-order valence-corrected chi connectivity index (χ4v) is 1.93. The van der Waals surface area contributed by atoms with Crippen LogP contribution in [0.4, 0.5) is 0 Å². The van der Waals surface area contributed by atoms with Gasteiger partial charge in [0.25, 0.3) is 0 Å². The highest BCUT2D eigenvalue weighted by atomic mass is 31.0. The van der Waals surface area contributed by atoms with E-state index < -0.39 is 0 Å². The summed E-state index contributed by atoms with van der Waals surface area (Å²) < 4.78 is 0. The second-order valence-electron chi connectivity index (χ2n) is 2.80. The zero-order valence-corrected chi connectivity index (χ0v) is 7.29. The van der Waals surface area contributed by atoms with Gasteiger partial charge in [-0.25, -0.2) is 0 Å². The van der Waals surface area contributed by atoms with Crippen molar-refractivity contribution in [1.29, 1.82) is 0 Å². The van der Waals surface area contributed by atoms with Crippen LogP contribution in [0.15, 0.2) is 18.2 Å². The minimum absolute atomic E-state index is 0.296. The molecule has 0 N–H and O–H groups in total. The van der Waals surface area contributed by atoms with Crippen LogP contribution in [-0.2, 0) is 6.42 Å². The molecule has 2 heteroatoms. The second-order valence-corrected chi connectivity index (χ2v) is 3.42. The van der Waals surface area contributed by atoms with Crippen LogP contribution >= 0.6 is 9.24 Å². The predicted molar refractivity (Wildman–Crippen MR) is 48.4 cm³/mol. The number of Topliss-reactive ketones (excluding diaryl/α,β-unsaturated/α-hetero) is 1. The molecule has 1 aliphatic rings. The first-order valence-electron chi connectivity index (χ1n) is 3.69. The minimum atomic E-state index is 0.296. The Morgan fingerprint density at radius 2 is 2.09 bits per heavy atom. The molecule has 0 fully saturated rings. The smallest absolute Gasteiger partial charge is 0.163 e. The van der Waals surface area contributed by atoms with Gasteiger partial charge in [0.15, 0.2) is 5.78 Å². The molecule has 0 radical (unpaired) electrons. The molecular weight excluding hydrogens is 155 g/mol.